The molecule has 0 aromatic rings. The average Bonchev–Trinajstić information content (AvgIpc) is 3.40. The zero-order valence-corrected chi connectivity index (χ0v) is 17.8. The van der Waals surface area contributed by atoms with Crippen LogP contribution in [-0.2, 0) is 19.1 Å². The van der Waals surface area contributed by atoms with Crippen LogP contribution in [0.25, 0.3) is 0 Å². The molecule has 1 rings (SSSR count). The van der Waals surface area contributed by atoms with E-state index in [1.165, 1.54) is 0 Å². The molecule has 0 radical (unpaired) electrons. The van der Waals surface area contributed by atoms with Crippen molar-refractivity contribution in [3.05, 3.63) is 0 Å². The fourth-order valence-electron chi connectivity index (χ4n) is 3.66. The Morgan fingerprint density at radius 2 is 1.63 bits per heavy atom. The molecule has 0 bridgehead atoms. The van der Waals surface area contributed by atoms with Crippen LogP contribution in [-0.4, -0.2) is 36.9 Å². The van der Waals surface area contributed by atoms with Crippen LogP contribution >= 0.6 is 0 Å². The molecule has 0 aliphatic heterocycles. The van der Waals surface area contributed by atoms with Gasteiger partial charge in [-0.3, -0.25) is 9.59 Å². The Morgan fingerprint density at radius 3 is 2.11 bits per heavy atom. The number of unbranched alkanes of at least 4 members (excludes halogenated alkanes) is 4. The summed E-state index contributed by atoms with van der Waals surface area (Å²) in [6, 6.07) is 0. The predicted octanol–water partition coefficient (Wildman–Crippen LogP) is 5.36. The minimum Gasteiger partial charge on any atom is -0.481 e. The second kappa shape index (κ2) is 11.7. The summed E-state index contributed by atoms with van der Waals surface area (Å²) in [5, 5.41) is 9.19. The standard InChI is InChI=1S/C22H40O5/c1-5-27-20(25)21(2,3)14-10-6-8-12-18(26-4)13-9-7-11-15-22(16-17-22)19(23)24/h18H,5-17H2,1-4H3,(H,23,24). The first kappa shape index (κ1) is 23.9. The Morgan fingerprint density at radius 1 is 1.04 bits per heavy atom. The number of aliphatic carboxylic acids is 1. The first-order valence-electron chi connectivity index (χ1n) is 10.7. The Balaban J connectivity index is 2.07. The summed E-state index contributed by atoms with van der Waals surface area (Å²) >= 11 is 0. The number of carboxylic acid groups (broad SMARTS) is 1. The largest absolute Gasteiger partial charge is 0.481 e. The van der Waals surface area contributed by atoms with E-state index in [9.17, 15) is 14.7 Å². The third-order valence-electron chi connectivity index (χ3n) is 5.98. The van der Waals surface area contributed by atoms with Gasteiger partial charge in [-0.05, 0) is 59.3 Å². The lowest BCUT2D eigenvalue weighted by Crippen LogP contribution is -2.26. The lowest BCUT2D eigenvalue weighted by atomic mass is 9.87. The molecular weight excluding hydrogens is 344 g/mol. The van der Waals surface area contributed by atoms with Crippen molar-refractivity contribution in [2.75, 3.05) is 13.7 Å². The van der Waals surface area contributed by atoms with Gasteiger partial charge in [-0.15, -0.1) is 0 Å². The van der Waals surface area contributed by atoms with Gasteiger partial charge < -0.3 is 14.6 Å². The summed E-state index contributed by atoms with van der Waals surface area (Å²) in [6.45, 7) is 6.20. The predicted molar refractivity (Wildman–Crippen MR) is 107 cm³/mol. The zero-order chi connectivity index (χ0) is 20.3. The molecule has 27 heavy (non-hydrogen) atoms. The SMILES string of the molecule is CCOC(=O)C(C)(C)CCCCCC(CCCCCC1(C(=O)O)CC1)OC. The second-order valence-corrected chi connectivity index (χ2v) is 8.75. The van der Waals surface area contributed by atoms with Crippen molar-refractivity contribution < 1.29 is 24.2 Å². The molecule has 1 N–H and O–H groups in total. The van der Waals surface area contributed by atoms with E-state index in [2.05, 4.69) is 0 Å². The van der Waals surface area contributed by atoms with E-state index in [-0.39, 0.29) is 17.5 Å². The van der Waals surface area contributed by atoms with Crippen molar-refractivity contribution in [3.63, 3.8) is 0 Å². The first-order valence-corrected chi connectivity index (χ1v) is 10.7. The lowest BCUT2D eigenvalue weighted by Gasteiger charge is -2.22. The van der Waals surface area contributed by atoms with E-state index in [1.807, 2.05) is 20.8 Å². The molecule has 1 aliphatic rings. The molecule has 5 heteroatoms. The summed E-state index contributed by atoms with van der Waals surface area (Å²) in [7, 11) is 1.78. The Hall–Kier alpha value is -1.10. The van der Waals surface area contributed by atoms with Gasteiger partial charge in [-0.2, -0.15) is 0 Å². The highest BCUT2D eigenvalue weighted by Gasteiger charge is 2.49. The molecule has 1 saturated carbocycles. The Labute approximate surface area is 165 Å². The maximum atomic E-state index is 11.9. The van der Waals surface area contributed by atoms with Crippen LogP contribution in [0.15, 0.2) is 0 Å². The second-order valence-electron chi connectivity index (χ2n) is 8.75. The summed E-state index contributed by atoms with van der Waals surface area (Å²) in [6.07, 6.45) is 12.2. The fraction of sp³-hybridized carbons (Fsp3) is 0.909. The highest BCUT2D eigenvalue weighted by atomic mass is 16.5. The van der Waals surface area contributed by atoms with Gasteiger partial charge in [0, 0.05) is 7.11 Å². The summed E-state index contributed by atoms with van der Waals surface area (Å²) < 4.78 is 10.7. The van der Waals surface area contributed by atoms with Gasteiger partial charge in [0.15, 0.2) is 0 Å². The number of esters is 1. The van der Waals surface area contributed by atoms with E-state index < -0.39 is 11.4 Å². The van der Waals surface area contributed by atoms with Crippen molar-refractivity contribution in [1.82, 2.24) is 0 Å². The Bertz CT molecular complexity index is 454. The molecule has 0 aromatic carbocycles. The number of carboxylic acids is 1. The monoisotopic (exact) mass is 384 g/mol. The number of hydrogen-bond acceptors (Lipinski definition) is 4. The van der Waals surface area contributed by atoms with Gasteiger partial charge in [-0.1, -0.05) is 38.5 Å². The van der Waals surface area contributed by atoms with Gasteiger partial charge in [0.2, 0.25) is 0 Å². The van der Waals surface area contributed by atoms with Crippen LogP contribution < -0.4 is 0 Å². The molecule has 1 fully saturated rings. The molecule has 0 saturated heterocycles. The van der Waals surface area contributed by atoms with E-state index in [0.717, 1.165) is 77.0 Å². The van der Waals surface area contributed by atoms with Gasteiger partial charge in [0.05, 0.1) is 23.5 Å². The summed E-state index contributed by atoms with van der Waals surface area (Å²) in [5.74, 6) is -0.709. The zero-order valence-electron chi connectivity index (χ0n) is 17.8. The van der Waals surface area contributed by atoms with Gasteiger partial charge in [-0.25, -0.2) is 0 Å². The van der Waals surface area contributed by atoms with Crippen molar-refractivity contribution >= 4 is 11.9 Å². The molecule has 1 unspecified atom stereocenters. The topological polar surface area (TPSA) is 72.8 Å². The van der Waals surface area contributed by atoms with Gasteiger partial charge in [0.1, 0.15) is 0 Å². The van der Waals surface area contributed by atoms with Crippen LogP contribution in [0.4, 0.5) is 0 Å². The third kappa shape index (κ3) is 8.63. The number of carbonyl (C=O) groups is 2. The number of ether oxygens (including phenoxy) is 2. The lowest BCUT2D eigenvalue weighted by molar-refractivity contribution is -0.153. The normalized spacial score (nSPS) is 16.7. The smallest absolute Gasteiger partial charge is 0.311 e. The number of methoxy groups -OCH3 is 1. The third-order valence-corrected chi connectivity index (χ3v) is 5.98. The van der Waals surface area contributed by atoms with E-state index >= 15 is 0 Å². The van der Waals surface area contributed by atoms with Crippen molar-refractivity contribution in [2.45, 2.75) is 104 Å². The Kier molecular flexibility index (Phi) is 10.4. The molecule has 0 heterocycles. The van der Waals surface area contributed by atoms with Crippen LogP contribution in [0.1, 0.15) is 97.8 Å². The van der Waals surface area contributed by atoms with E-state index in [0.29, 0.717) is 6.61 Å². The van der Waals surface area contributed by atoms with Crippen molar-refractivity contribution in [1.29, 1.82) is 0 Å². The molecule has 1 atom stereocenters. The first-order chi connectivity index (χ1) is 12.8. The average molecular weight is 385 g/mol. The maximum absolute atomic E-state index is 11.9. The quantitative estimate of drug-likeness (QED) is 0.286. The molecule has 0 aromatic heterocycles. The molecule has 5 nitrogen and oxygen atoms in total. The molecule has 0 spiro atoms. The van der Waals surface area contributed by atoms with Crippen LogP contribution in [0.5, 0.6) is 0 Å². The fourth-order valence-corrected chi connectivity index (χ4v) is 3.66. The van der Waals surface area contributed by atoms with Crippen LogP contribution in [0.2, 0.25) is 0 Å². The highest BCUT2D eigenvalue weighted by Crippen LogP contribution is 2.50. The maximum Gasteiger partial charge on any atom is 0.311 e. The van der Waals surface area contributed by atoms with Crippen molar-refractivity contribution in [3.8, 4) is 0 Å². The van der Waals surface area contributed by atoms with Crippen molar-refractivity contribution in [2.24, 2.45) is 10.8 Å². The van der Waals surface area contributed by atoms with E-state index in [1.54, 1.807) is 7.11 Å². The van der Waals surface area contributed by atoms with E-state index in [4.69, 9.17) is 9.47 Å². The number of carbonyl (C=O) groups excluding carboxylic acids is 1. The van der Waals surface area contributed by atoms with Crippen LogP contribution in [0.3, 0.4) is 0 Å². The molecule has 1 aliphatic carbocycles. The minimum atomic E-state index is -0.608. The van der Waals surface area contributed by atoms with Crippen LogP contribution in [0, 0.1) is 10.8 Å². The van der Waals surface area contributed by atoms with Gasteiger partial charge in [0.25, 0.3) is 0 Å². The molecule has 158 valence electrons. The molecule has 0 amide bonds. The molecular formula is C22H40O5. The number of rotatable bonds is 16. The summed E-state index contributed by atoms with van der Waals surface area (Å²) in [5.41, 5.74) is -0.774. The minimum absolute atomic E-state index is 0.101. The summed E-state index contributed by atoms with van der Waals surface area (Å²) in [4.78, 5) is 23.0. The highest BCUT2D eigenvalue weighted by molar-refractivity contribution is 5.77. The number of hydrogen-bond donors (Lipinski definition) is 1. The van der Waals surface area contributed by atoms with Gasteiger partial charge >= 0.3 is 11.9 Å².